The van der Waals surface area contributed by atoms with Gasteiger partial charge in [-0.2, -0.15) is 0 Å². The van der Waals surface area contributed by atoms with Crippen LogP contribution in [0.15, 0.2) is 83.6 Å². The summed E-state index contributed by atoms with van der Waals surface area (Å²) in [4.78, 5) is 18.0. The number of allylic oxidation sites excluding steroid dienone is 2. The Hall–Kier alpha value is -2.30. The van der Waals surface area contributed by atoms with E-state index < -0.39 is 5.41 Å². The number of nitrogens with two attached hydrogens (primary N) is 1. The molecule has 1 saturated heterocycles. The van der Waals surface area contributed by atoms with Gasteiger partial charge in [0, 0.05) is 6.54 Å². The summed E-state index contributed by atoms with van der Waals surface area (Å²) in [5.41, 5.74) is 7.36. The van der Waals surface area contributed by atoms with Crippen LogP contribution in [0.25, 0.3) is 0 Å². The molecule has 1 aliphatic rings. The molecule has 3 rings (SSSR count). The van der Waals surface area contributed by atoms with E-state index in [1.165, 1.54) is 9.81 Å². The standard InChI is InChI=1S/C28H36N2OS/c1-4-12-22(2)32-23(3)13-11-19-30-20-18-26(21-30)28(27(29)31,24-14-7-5-8-15-24)25-16-9-6-10-17-25/h5-10,14-17,26H,2-4,11-13,18-21H2,1H3,(H2,29,31). The van der Waals surface area contributed by atoms with E-state index in [1.54, 1.807) is 11.8 Å². The molecule has 1 amide bonds. The lowest BCUT2D eigenvalue weighted by Gasteiger charge is -2.37. The lowest BCUT2D eigenvalue weighted by atomic mass is 9.64. The van der Waals surface area contributed by atoms with Crippen LogP contribution in [0, 0.1) is 5.92 Å². The van der Waals surface area contributed by atoms with E-state index in [1.807, 2.05) is 60.7 Å². The van der Waals surface area contributed by atoms with Gasteiger partial charge in [0.15, 0.2) is 0 Å². The number of nitrogens with zero attached hydrogens (tertiary/aromatic N) is 1. The third-order valence-electron chi connectivity index (χ3n) is 6.48. The van der Waals surface area contributed by atoms with Gasteiger partial charge in [-0.3, -0.25) is 4.79 Å². The fourth-order valence-electron chi connectivity index (χ4n) is 5.00. The number of carbonyl (C=O) groups is 1. The van der Waals surface area contributed by atoms with Crippen molar-refractivity contribution < 1.29 is 4.79 Å². The molecule has 1 atom stereocenters. The molecule has 2 N–H and O–H groups in total. The molecule has 2 aromatic carbocycles. The summed E-state index contributed by atoms with van der Waals surface area (Å²) >= 11 is 1.74. The summed E-state index contributed by atoms with van der Waals surface area (Å²) in [5, 5.41) is 0. The third kappa shape index (κ3) is 5.54. The summed E-state index contributed by atoms with van der Waals surface area (Å²) < 4.78 is 0. The number of benzene rings is 2. The van der Waals surface area contributed by atoms with Crippen molar-refractivity contribution in [2.45, 2.75) is 44.4 Å². The van der Waals surface area contributed by atoms with Crippen molar-refractivity contribution >= 4 is 17.7 Å². The fourth-order valence-corrected chi connectivity index (χ4v) is 5.96. The van der Waals surface area contributed by atoms with Gasteiger partial charge in [-0.1, -0.05) is 87.2 Å². The molecule has 170 valence electrons. The second-order valence-electron chi connectivity index (χ2n) is 8.72. The zero-order valence-corrected chi connectivity index (χ0v) is 20.1. The molecule has 0 saturated carbocycles. The molecule has 3 nitrogen and oxygen atoms in total. The van der Waals surface area contributed by atoms with Gasteiger partial charge in [0.1, 0.15) is 5.41 Å². The number of hydrogen-bond acceptors (Lipinski definition) is 3. The molecule has 32 heavy (non-hydrogen) atoms. The molecular weight excluding hydrogens is 412 g/mol. The Bertz CT molecular complexity index is 870. The summed E-state index contributed by atoms with van der Waals surface area (Å²) in [5.74, 6) is -0.118. The third-order valence-corrected chi connectivity index (χ3v) is 7.46. The smallest absolute Gasteiger partial charge is 0.232 e. The minimum Gasteiger partial charge on any atom is -0.369 e. The number of hydrogen-bond donors (Lipinski definition) is 1. The van der Waals surface area contributed by atoms with Gasteiger partial charge in [0.2, 0.25) is 5.91 Å². The first-order valence-corrected chi connectivity index (χ1v) is 12.5. The second-order valence-corrected chi connectivity index (χ2v) is 10.1. The van der Waals surface area contributed by atoms with E-state index in [-0.39, 0.29) is 11.8 Å². The Morgan fingerprint density at radius 3 is 2.12 bits per heavy atom. The van der Waals surface area contributed by atoms with Crippen LogP contribution in [-0.4, -0.2) is 30.4 Å². The Labute approximate surface area is 197 Å². The van der Waals surface area contributed by atoms with Crippen LogP contribution >= 0.6 is 11.8 Å². The van der Waals surface area contributed by atoms with E-state index in [9.17, 15) is 4.79 Å². The highest BCUT2D eigenvalue weighted by atomic mass is 32.2. The lowest BCUT2D eigenvalue weighted by Crippen LogP contribution is -2.49. The summed E-state index contributed by atoms with van der Waals surface area (Å²) in [7, 11) is 0. The zero-order chi connectivity index (χ0) is 23.0. The van der Waals surface area contributed by atoms with Crippen LogP contribution in [0.5, 0.6) is 0 Å². The molecule has 4 heteroatoms. The molecular formula is C28H36N2OS. The second kappa shape index (κ2) is 11.5. The van der Waals surface area contributed by atoms with E-state index >= 15 is 0 Å². The number of thioether (sulfide) groups is 1. The highest BCUT2D eigenvalue weighted by molar-refractivity contribution is 8.06. The Morgan fingerprint density at radius 2 is 1.59 bits per heavy atom. The number of rotatable bonds is 12. The normalized spacial score (nSPS) is 16.7. The maximum Gasteiger partial charge on any atom is 0.232 e. The molecule has 0 aliphatic carbocycles. The van der Waals surface area contributed by atoms with Crippen molar-refractivity contribution in [2.75, 3.05) is 19.6 Å². The first kappa shape index (κ1) is 24.3. The highest BCUT2D eigenvalue weighted by Gasteiger charge is 2.49. The maximum atomic E-state index is 13.2. The molecule has 1 aliphatic heterocycles. The molecule has 1 heterocycles. The van der Waals surface area contributed by atoms with Crippen molar-refractivity contribution in [2.24, 2.45) is 11.7 Å². The number of carbonyl (C=O) groups excluding carboxylic acids is 1. The van der Waals surface area contributed by atoms with E-state index in [0.29, 0.717) is 0 Å². The van der Waals surface area contributed by atoms with Crippen molar-refractivity contribution in [1.29, 1.82) is 0 Å². The predicted octanol–water partition coefficient (Wildman–Crippen LogP) is 6.12. The molecule has 0 aromatic heterocycles. The molecule has 0 bridgehead atoms. The van der Waals surface area contributed by atoms with Gasteiger partial charge in [0.25, 0.3) is 0 Å². The van der Waals surface area contributed by atoms with Gasteiger partial charge >= 0.3 is 0 Å². The fraction of sp³-hybridized carbons (Fsp3) is 0.393. The molecule has 2 aromatic rings. The highest BCUT2D eigenvalue weighted by Crippen LogP contribution is 2.43. The lowest BCUT2D eigenvalue weighted by molar-refractivity contribution is -0.123. The van der Waals surface area contributed by atoms with Crippen LogP contribution in [0.4, 0.5) is 0 Å². The van der Waals surface area contributed by atoms with Crippen molar-refractivity contribution in [3.8, 4) is 0 Å². The zero-order valence-electron chi connectivity index (χ0n) is 19.3. The number of likely N-dealkylation sites (tertiary alicyclic amines) is 1. The minimum absolute atomic E-state index is 0.145. The minimum atomic E-state index is -0.811. The topological polar surface area (TPSA) is 46.3 Å². The van der Waals surface area contributed by atoms with Gasteiger partial charge < -0.3 is 10.6 Å². The van der Waals surface area contributed by atoms with Crippen LogP contribution in [0.3, 0.4) is 0 Å². The maximum absolute atomic E-state index is 13.2. The van der Waals surface area contributed by atoms with E-state index in [0.717, 1.165) is 62.9 Å². The van der Waals surface area contributed by atoms with Gasteiger partial charge in [-0.25, -0.2) is 0 Å². The summed E-state index contributed by atoms with van der Waals surface area (Å²) in [6, 6.07) is 20.2. The van der Waals surface area contributed by atoms with Crippen LogP contribution in [-0.2, 0) is 10.2 Å². The SMILES string of the molecule is C=C(CCC)SC(=C)CCCN1CCC(C(C(N)=O)(c2ccccc2)c2ccccc2)C1. The molecule has 1 unspecified atom stereocenters. The van der Waals surface area contributed by atoms with E-state index in [2.05, 4.69) is 25.0 Å². The van der Waals surface area contributed by atoms with Crippen LogP contribution in [0.2, 0.25) is 0 Å². The first-order valence-electron chi connectivity index (χ1n) is 11.6. The van der Waals surface area contributed by atoms with Crippen LogP contribution in [0.1, 0.15) is 50.2 Å². The van der Waals surface area contributed by atoms with E-state index in [4.69, 9.17) is 5.73 Å². The molecule has 1 fully saturated rings. The Balaban J connectivity index is 1.71. The number of primary amides is 1. The first-order chi connectivity index (χ1) is 15.5. The van der Waals surface area contributed by atoms with Gasteiger partial charge in [-0.15, -0.1) is 11.8 Å². The van der Waals surface area contributed by atoms with Crippen molar-refractivity contribution in [3.63, 3.8) is 0 Å². The largest absolute Gasteiger partial charge is 0.369 e. The number of amides is 1. The Kier molecular flexibility index (Phi) is 8.77. The molecule has 0 spiro atoms. The molecule has 0 radical (unpaired) electrons. The quantitative estimate of drug-likeness (QED) is 0.425. The average Bonchev–Trinajstić information content (AvgIpc) is 3.24. The van der Waals surface area contributed by atoms with Crippen LogP contribution < -0.4 is 5.73 Å². The van der Waals surface area contributed by atoms with Crippen molar-refractivity contribution in [3.05, 3.63) is 94.8 Å². The summed E-state index contributed by atoms with van der Waals surface area (Å²) in [6.07, 6.45) is 5.19. The predicted molar refractivity (Wildman–Crippen MR) is 137 cm³/mol. The van der Waals surface area contributed by atoms with Gasteiger partial charge in [0.05, 0.1) is 0 Å². The van der Waals surface area contributed by atoms with Gasteiger partial charge in [-0.05, 0) is 65.6 Å². The summed E-state index contributed by atoms with van der Waals surface area (Å²) in [6.45, 7) is 13.4. The van der Waals surface area contributed by atoms with Crippen molar-refractivity contribution in [1.82, 2.24) is 4.90 Å². The average molecular weight is 449 g/mol. The monoisotopic (exact) mass is 448 g/mol. The Morgan fingerprint density at radius 1 is 1.03 bits per heavy atom.